The Balaban J connectivity index is 0.00000169. The first-order chi connectivity index (χ1) is 11.1. The Bertz CT molecular complexity index is 691. The number of nitrogens with one attached hydrogen (secondary N) is 1. The van der Waals surface area contributed by atoms with Crippen molar-refractivity contribution < 1.29 is 4.74 Å². The molecule has 5 heteroatoms. The number of rotatable bonds is 3. The number of nitrogens with zero attached hydrogens (tertiary/aromatic N) is 2. The summed E-state index contributed by atoms with van der Waals surface area (Å²) in [5.74, 6) is 0. The smallest absolute Gasteiger partial charge is 0.137 e. The summed E-state index contributed by atoms with van der Waals surface area (Å²) in [6, 6.07) is 4.24. The van der Waals surface area contributed by atoms with E-state index >= 15 is 0 Å². The largest absolute Gasteiger partial charge is 0.372 e. The molecule has 4 heterocycles. The van der Waals surface area contributed by atoms with Crippen molar-refractivity contribution in [1.29, 1.82) is 0 Å². The van der Waals surface area contributed by atoms with Crippen molar-refractivity contribution in [3.8, 4) is 0 Å². The van der Waals surface area contributed by atoms with Crippen LogP contribution in [-0.2, 0) is 11.3 Å². The van der Waals surface area contributed by atoms with Gasteiger partial charge in [0.15, 0.2) is 0 Å². The second-order valence-electron chi connectivity index (χ2n) is 7.90. The predicted octanol–water partition coefficient (Wildman–Crippen LogP) is 4.46. The molecule has 0 spiro atoms. The molecule has 0 amide bonds. The van der Waals surface area contributed by atoms with Gasteiger partial charge in [0.1, 0.15) is 5.65 Å². The molecule has 1 atom stereocenters. The Kier molecular flexibility index (Phi) is 5.19. The SMILES string of the molecule is CC1(C)CCCN(Cc2c([C@@H]3CCCO3)[nH]c3ncccc23)C1.Cl. The van der Waals surface area contributed by atoms with Gasteiger partial charge in [-0.25, -0.2) is 4.98 Å². The molecule has 1 N–H and O–H groups in total. The number of hydrogen-bond acceptors (Lipinski definition) is 3. The lowest BCUT2D eigenvalue weighted by atomic mass is 9.84. The molecule has 4 nitrogen and oxygen atoms in total. The summed E-state index contributed by atoms with van der Waals surface area (Å²) in [4.78, 5) is 10.7. The number of piperidine rings is 1. The third-order valence-electron chi connectivity index (χ3n) is 5.32. The lowest BCUT2D eigenvalue weighted by Crippen LogP contribution is -2.39. The van der Waals surface area contributed by atoms with Gasteiger partial charge in [-0.2, -0.15) is 0 Å². The van der Waals surface area contributed by atoms with Crippen LogP contribution in [0, 0.1) is 5.41 Å². The van der Waals surface area contributed by atoms with Crippen LogP contribution in [0.15, 0.2) is 18.3 Å². The minimum absolute atomic E-state index is 0. The Hall–Kier alpha value is -1.10. The molecular weight excluding hydrogens is 322 g/mol. The average Bonchev–Trinajstić information content (AvgIpc) is 3.14. The number of pyridine rings is 1. The van der Waals surface area contributed by atoms with Crippen LogP contribution in [0.25, 0.3) is 11.0 Å². The molecule has 2 fully saturated rings. The van der Waals surface area contributed by atoms with Crippen molar-refractivity contribution in [3.05, 3.63) is 29.6 Å². The number of aromatic amines is 1. The van der Waals surface area contributed by atoms with Gasteiger partial charge in [0.05, 0.1) is 11.8 Å². The highest BCUT2D eigenvalue weighted by atomic mass is 35.5. The fourth-order valence-electron chi connectivity index (χ4n) is 4.25. The van der Waals surface area contributed by atoms with Crippen LogP contribution in [0.1, 0.15) is 56.9 Å². The molecule has 2 aliphatic heterocycles. The lowest BCUT2D eigenvalue weighted by molar-refractivity contribution is 0.0999. The highest BCUT2D eigenvalue weighted by Gasteiger charge is 2.29. The van der Waals surface area contributed by atoms with E-state index in [1.54, 1.807) is 0 Å². The molecule has 2 aromatic heterocycles. The van der Waals surface area contributed by atoms with Crippen molar-refractivity contribution in [2.75, 3.05) is 19.7 Å². The van der Waals surface area contributed by atoms with Crippen molar-refractivity contribution >= 4 is 23.4 Å². The van der Waals surface area contributed by atoms with E-state index in [2.05, 4.69) is 34.8 Å². The molecule has 4 rings (SSSR count). The number of ether oxygens (including phenoxy) is 1. The number of fused-ring (bicyclic) bond motifs is 1. The van der Waals surface area contributed by atoms with Crippen LogP contribution in [0.3, 0.4) is 0 Å². The van der Waals surface area contributed by atoms with Crippen LogP contribution < -0.4 is 0 Å². The van der Waals surface area contributed by atoms with Crippen molar-refractivity contribution in [3.63, 3.8) is 0 Å². The van der Waals surface area contributed by atoms with Gasteiger partial charge >= 0.3 is 0 Å². The summed E-state index contributed by atoms with van der Waals surface area (Å²) >= 11 is 0. The second kappa shape index (κ2) is 7.03. The van der Waals surface area contributed by atoms with Crippen LogP contribution >= 0.6 is 12.4 Å². The van der Waals surface area contributed by atoms with Gasteiger partial charge < -0.3 is 9.72 Å². The summed E-state index contributed by atoms with van der Waals surface area (Å²) in [6.07, 6.45) is 6.98. The first kappa shape index (κ1) is 17.7. The maximum Gasteiger partial charge on any atom is 0.137 e. The van der Waals surface area contributed by atoms with Gasteiger partial charge in [-0.3, -0.25) is 4.90 Å². The first-order valence-corrected chi connectivity index (χ1v) is 8.92. The van der Waals surface area contributed by atoms with Gasteiger partial charge in [-0.05, 0) is 55.3 Å². The monoisotopic (exact) mass is 349 g/mol. The minimum Gasteiger partial charge on any atom is -0.372 e. The second-order valence-corrected chi connectivity index (χ2v) is 7.90. The topological polar surface area (TPSA) is 41.1 Å². The Morgan fingerprint density at radius 2 is 2.25 bits per heavy atom. The zero-order valence-corrected chi connectivity index (χ0v) is 15.5. The molecule has 0 saturated carbocycles. The zero-order valence-electron chi connectivity index (χ0n) is 14.7. The van der Waals surface area contributed by atoms with Gasteiger partial charge in [-0.15, -0.1) is 12.4 Å². The highest BCUT2D eigenvalue weighted by Crippen LogP contribution is 2.36. The highest BCUT2D eigenvalue weighted by molar-refractivity contribution is 5.85. The number of aromatic nitrogens is 2. The van der Waals surface area contributed by atoms with Crippen LogP contribution in [0.2, 0.25) is 0 Å². The summed E-state index contributed by atoms with van der Waals surface area (Å²) in [5, 5.41) is 1.27. The zero-order chi connectivity index (χ0) is 15.9. The molecule has 0 aromatic carbocycles. The van der Waals surface area contributed by atoms with Gasteiger partial charge in [0.2, 0.25) is 0 Å². The molecule has 0 aliphatic carbocycles. The Morgan fingerprint density at radius 1 is 1.38 bits per heavy atom. The van der Waals surface area contributed by atoms with E-state index in [9.17, 15) is 0 Å². The summed E-state index contributed by atoms with van der Waals surface area (Å²) < 4.78 is 5.96. The van der Waals surface area contributed by atoms with Crippen molar-refractivity contribution in [1.82, 2.24) is 14.9 Å². The van der Waals surface area contributed by atoms with Crippen LogP contribution in [-0.4, -0.2) is 34.6 Å². The Labute approximate surface area is 150 Å². The molecule has 2 aliphatic rings. The number of hydrogen-bond donors (Lipinski definition) is 1. The van der Waals surface area contributed by atoms with E-state index < -0.39 is 0 Å². The van der Waals surface area contributed by atoms with Crippen molar-refractivity contribution in [2.45, 2.75) is 52.2 Å². The maximum atomic E-state index is 5.96. The fraction of sp³-hybridized carbons (Fsp3) is 0.632. The summed E-state index contributed by atoms with van der Waals surface area (Å²) in [6.45, 7) is 9.02. The van der Waals surface area contributed by atoms with E-state index in [0.29, 0.717) is 5.41 Å². The number of likely N-dealkylation sites (tertiary alicyclic amines) is 1. The molecule has 2 aromatic rings. The molecule has 2 saturated heterocycles. The molecule has 132 valence electrons. The van der Waals surface area contributed by atoms with Gasteiger partial charge in [0.25, 0.3) is 0 Å². The standard InChI is InChI=1S/C19H27N3O.ClH/c1-19(2)8-5-10-22(13-19)12-15-14-6-3-9-20-18(14)21-17(15)16-7-4-11-23-16;/h3,6,9,16H,4-5,7-8,10-13H2,1-2H3,(H,20,21);1H/t16-;/m0./s1. The normalized spacial score (nSPS) is 24.2. The minimum atomic E-state index is 0. The van der Waals surface area contributed by atoms with E-state index in [1.807, 2.05) is 12.3 Å². The maximum absolute atomic E-state index is 5.96. The summed E-state index contributed by atoms with van der Waals surface area (Å²) in [5.41, 5.74) is 4.09. The van der Waals surface area contributed by atoms with Crippen LogP contribution in [0.4, 0.5) is 0 Å². The van der Waals surface area contributed by atoms with E-state index in [0.717, 1.165) is 31.6 Å². The average molecular weight is 350 g/mol. The van der Waals surface area contributed by atoms with E-state index in [4.69, 9.17) is 4.74 Å². The van der Waals surface area contributed by atoms with Gasteiger partial charge in [-0.1, -0.05) is 13.8 Å². The number of H-pyrrole nitrogens is 1. The van der Waals surface area contributed by atoms with Crippen molar-refractivity contribution in [2.24, 2.45) is 5.41 Å². The van der Waals surface area contributed by atoms with E-state index in [1.165, 1.54) is 42.6 Å². The van der Waals surface area contributed by atoms with E-state index in [-0.39, 0.29) is 18.5 Å². The first-order valence-electron chi connectivity index (χ1n) is 8.92. The molecule has 0 bridgehead atoms. The molecule has 0 unspecified atom stereocenters. The summed E-state index contributed by atoms with van der Waals surface area (Å²) in [7, 11) is 0. The Morgan fingerprint density at radius 3 is 3.00 bits per heavy atom. The predicted molar refractivity (Wildman–Crippen MR) is 99.6 cm³/mol. The third-order valence-corrected chi connectivity index (χ3v) is 5.32. The number of halogens is 1. The molecule has 0 radical (unpaired) electrons. The third kappa shape index (κ3) is 3.46. The quantitative estimate of drug-likeness (QED) is 0.889. The fourth-order valence-corrected chi connectivity index (χ4v) is 4.25. The molecular formula is C19H28ClN3O. The van der Waals surface area contributed by atoms with Crippen LogP contribution in [0.5, 0.6) is 0 Å². The van der Waals surface area contributed by atoms with Gasteiger partial charge in [0, 0.05) is 31.3 Å². The lowest BCUT2D eigenvalue weighted by Gasteiger charge is -2.38. The molecule has 24 heavy (non-hydrogen) atoms.